The van der Waals surface area contributed by atoms with Gasteiger partial charge in [0.15, 0.2) is 0 Å². The molecule has 2 unspecified atom stereocenters. The van der Waals surface area contributed by atoms with E-state index in [0.717, 1.165) is 5.75 Å². The third-order valence-corrected chi connectivity index (χ3v) is 6.40. The number of furan rings is 1. The zero-order valence-electron chi connectivity index (χ0n) is 11.1. The van der Waals surface area contributed by atoms with Crippen molar-refractivity contribution in [3.05, 3.63) is 24.2 Å². The number of amides is 2. The molecule has 2 aliphatic rings. The number of nitrogens with one attached hydrogen (secondary N) is 1. The Morgan fingerprint density at radius 1 is 1.65 bits per heavy atom. The van der Waals surface area contributed by atoms with E-state index < -0.39 is 0 Å². The molecule has 3 heterocycles. The molecule has 2 saturated heterocycles. The van der Waals surface area contributed by atoms with Gasteiger partial charge in [0.2, 0.25) is 11.8 Å². The molecule has 3 rings (SSSR count). The predicted octanol–water partition coefficient (Wildman–Crippen LogP) is 1.30. The van der Waals surface area contributed by atoms with Crippen LogP contribution in [0.2, 0.25) is 0 Å². The number of fused-ring (bicyclic) bond motifs is 1. The number of thioether (sulfide) groups is 2. The second kappa shape index (κ2) is 5.37. The van der Waals surface area contributed by atoms with Crippen molar-refractivity contribution in [1.82, 2.24) is 10.2 Å². The van der Waals surface area contributed by atoms with Gasteiger partial charge in [-0.3, -0.25) is 9.59 Å². The molecule has 0 radical (unpaired) electrons. The zero-order chi connectivity index (χ0) is 14.2. The van der Waals surface area contributed by atoms with E-state index >= 15 is 0 Å². The molecule has 1 aromatic heterocycles. The molecule has 7 heteroatoms. The average molecular weight is 312 g/mol. The predicted molar refractivity (Wildman–Crippen MR) is 79.4 cm³/mol. The van der Waals surface area contributed by atoms with Gasteiger partial charge in [0, 0.05) is 11.5 Å². The summed E-state index contributed by atoms with van der Waals surface area (Å²) >= 11 is 3.34. The fraction of sp³-hybridized carbons (Fsp3) is 0.538. The van der Waals surface area contributed by atoms with Crippen molar-refractivity contribution in [1.29, 1.82) is 0 Å². The third-order valence-electron chi connectivity index (χ3n) is 3.56. The van der Waals surface area contributed by atoms with E-state index in [0.29, 0.717) is 23.8 Å². The number of hydrogen-bond donors (Lipinski definition) is 1. The molecule has 1 aromatic rings. The lowest BCUT2D eigenvalue weighted by Gasteiger charge is -2.40. The monoisotopic (exact) mass is 312 g/mol. The molecule has 2 atom stereocenters. The van der Waals surface area contributed by atoms with E-state index in [9.17, 15) is 9.59 Å². The summed E-state index contributed by atoms with van der Waals surface area (Å²) < 4.78 is 5.19. The van der Waals surface area contributed by atoms with Gasteiger partial charge in [0.1, 0.15) is 11.8 Å². The first-order valence-corrected chi connectivity index (χ1v) is 8.58. The van der Waals surface area contributed by atoms with Gasteiger partial charge < -0.3 is 14.6 Å². The Morgan fingerprint density at radius 3 is 3.25 bits per heavy atom. The van der Waals surface area contributed by atoms with E-state index in [1.165, 1.54) is 0 Å². The molecule has 2 amide bonds. The maximum Gasteiger partial charge on any atom is 0.244 e. The van der Waals surface area contributed by atoms with Crippen LogP contribution in [-0.2, 0) is 16.1 Å². The van der Waals surface area contributed by atoms with Crippen LogP contribution >= 0.6 is 23.5 Å². The largest absolute Gasteiger partial charge is 0.467 e. The minimum absolute atomic E-state index is 0.0619. The van der Waals surface area contributed by atoms with Crippen molar-refractivity contribution in [2.45, 2.75) is 24.4 Å². The van der Waals surface area contributed by atoms with Crippen LogP contribution in [0.5, 0.6) is 0 Å². The van der Waals surface area contributed by atoms with Crippen LogP contribution in [0.4, 0.5) is 0 Å². The van der Waals surface area contributed by atoms with Crippen LogP contribution < -0.4 is 5.32 Å². The lowest BCUT2D eigenvalue weighted by molar-refractivity contribution is -0.140. The molecule has 20 heavy (non-hydrogen) atoms. The van der Waals surface area contributed by atoms with Crippen LogP contribution in [0.3, 0.4) is 0 Å². The summed E-state index contributed by atoms with van der Waals surface area (Å²) in [5, 5.41) is 2.85. The summed E-state index contributed by atoms with van der Waals surface area (Å²) in [6, 6.07) is 3.24. The standard InChI is InChI=1S/C13H16N2O3S2/c1-13-8-19-7-11(16)15(13)10(6-20-13)12(17)14-5-9-3-2-4-18-9/h2-4,10H,5-8H2,1H3,(H,14,17). The van der Waals surface area contributed by atoms with Crippen molar-refractivity contribution >= 4 is 35.3 Å². The van der Waals surface area contributed by atoms with Crippen LogP contribution in [0.25, 0.3) is 0 Å². The first-order valence-electron chi connectivity index (χ1n) is 6.44. The summed E-state index contributed by atoms with van der Waals surface area (Å²) in [5.41, 5.74) is 0. The summed E-state index contributed by atoms with van der Waals surface area (Å²) in [7, 11) is 0. The molecule has 2 aliphatic heterocycles. The van der Waals surface area contributed by atoms with Gasteiger partial charge in [-0.25, -0.2) is 0 Å². The summed E-state index contributed by atoms with van der Waals surface area (Å²) in [4.78, 5) is 26.0. The van der Waals surface area contributed by atoms with Crippen LogP contribution in [0.15, 0.2) is 22.8 Å². The highest BCUT2D eigenvalue weighted by molar-refractivity contribution is 8.04. The second-order valence-electron chi connectivity index (χ2n) is 5.06. The van der Waals surface area contributed by atoms with E-state index in [4.69, 9.17) is 4.42 Å². The molecular formula is C13H16N2O3S2. The number of carbonyl (C=O) groups is 2. The SMILES string of the molecule is CC12CSCC(=O)N1C(C(=O)NCc1ccco1)CS2. The van der Waals surface area contributed by atoms with Crippen LogP contribution in [-0.4, -0.2) is 44.9 Å². The zero-order valence-corrected chi connectivity index (χ0v) is 12.8. The minimum Gasteiger partial charge on any atom is -0.467 e. The maximum atomic E-state index is 12.3. The molecule has 108 valence electrons. The molecule has 0 saturated carbocycles. The first kappa shape index (κ1) is 13.9. The van der Waals surface area contributed by atoms with Crippen molar-refractivity contribution in [2.75, 3.05) is 17.3 Å². The number of rotatable bonds is 3. The van der Waals surface area contributed by atoms with Gasteiger partial charge in [-0.2, -0.15) is 0 Å². The molecule has 0 aliphatic carbocycles. The van der Waals surface area contributed by atoms with Crippen molar-refractivity contribution in [3.63, 3.8) is 0 Å². The molecule has 5 nitrogen and oxygen atoms in total. The first-order chi connectivity index (χ1) is 9.60. The second-order valence-corrected chi connectivity index (χ2v) is 7.54. The number of carbonyl (C=O) groups excluding carboxylic acids is 2. The highest BCUT2D eigenvalue weighted by atomic mass is 32.2. The number of hydrogen-bond acceptors (Lipinski definition) is 5. The fourth-order valence-electron chi connectivity index (χ4n) is 2.58. The number of nitrogens with zero attached hydrogens (tertiary/aromatic N) is 1. The van der Waals surface area contributed by atoms with Crippen LogP contribution in [0.1, 0.15) is 12.7 Å². The minimum atomic E-state index is -0.367. The Morgan fingerprint density at radius 2 is 2.50 bits per heavy atom. The fourth-order valence-corrected chi connectivity index (χ4v) is 5.28. The molecule has 0 aromatic carbocycles. The smallest absolute Gasteiger partial charge is 0.244 e. The summed E-state index contributed by atoms with van der Waals surface area (Å²) in [6.45, 7) is 2.40. The van der Waals surface area contributed by atoms with E-state index in [1.807, 2.05) is 13.0 Å². The highest BCUT2D eigenvalue weighted by Gasteiger charge is 2.50. The van der Waals surface area contributed by atoms with E-state index in [-0.39, 0.29) is 22.7 Å². The molecule has 1 N–H and O–H groups in total. The Balaban J connectivity index is 1.67. The topological polar surface area (TPSA) is 62.6 Å². The van der Waals surface area contributed by atoms with Gasteiger partial charge in [0.05, 0.1) is 23.4 Å². The lowest BCUT2D eigenvalue weighted by atomic mass is 10.2. The van der Waals surface area contributed by atoms with E-state index in [1.54, 1.807) is 40.8 Å². The summed E-state index contributed by atoms with van der Waals surface area (Å²) in [6.07, 6.45) is 1.58. The highest BCUT2D eigenvalue weighted by Crippen LogP contribution is 2.44. The Hall–Kier alpha value is -1.08. The molecule has 2 fully saturated rings. The van der Waals surface area contributed by atoms with E-state index in [2.05, 4.69) is 5.32 Å². The quantitative estimate of drug-likeness (QED) is 0.911. The van der Waals surface area contributed by atoms with Gasteiger partial charge in [-0.1, -0.05) is 0 Å². The van der Waals surface area contributed by atoms with Crippen molar-refractivity contribution < 1.29 is 14.0 Å². The lowest BCUT2D eigenvalue weighted by Crippen LogP contribution is -2.57. The molecule has 0 spiro atoms. The van der Waals surface area contributed by atoms with Gasteiger partial charge in [0.25, 0.3) is 0 Å². The third kappa shape index (κ3) is 2.44. The van der Waals surface area contributed by atoms with Gasteiger partial charge in [-0.15, -0.1) is 23.5 Å². The molecule has 0 bridgehead atoms. The maximum absolute atomic E-state index is 12.3. The van der Waals surface area contributed by atoms with Gasteiger partial charge in [-0.05, 0) is 19.1 Å². The van der Waals surface area contributed by atoms with Gasteiger partial charge >= 0.3 is 0 Å². The molecular weight excluding hydrogens is 296 g/mol. The Bertz CT molecular complexity index is 520. The van der Waals surface area contributed by atoms with Crippen molar-refractivity contribution in [3.8, 4) is 0 Å². The Kier molecular flexibility index (Phi) is 3.72. The average Bonchev–Trinajstić information content (AvgIpc) is 3.03. The Labute approximate surface area is 125 Å². The van der Waals surface area contributed by atoms with Crippen LogP contribution in [0, 0.1) is 0 Å². The normalized spacial score (nSPS) is 29.4. The summed E-state index contributed by atoms with van der Waals surface area (Å²) in [5.74, 6) is 2.69. The van der Waals surface area contributed by atoms with Crippen molar-refractivity contribution in [2.24, 2.45) is 0 Å².